The Morgan fingerprint density at radius 1 is 1.10 bits per heavy atom. The van der Waals surface area contributed by atoms with E-state index in [1.807, 2.05) is 30.1 Å². The van der Waals surface area contributed by atoms with E-state index >= 15 is 0 Å². The minimum Gasteiger partial charge on any atom is -0.504 e. The van der Waals surface area contributed by atoms with Gasteiger partial charge in [0.15, 0.2) is 11.5 Å². The van der Waals surface area contributed by atoms with Gasteiger partial charge >= 0.3 is 0 Å². The number of aromatic hydroxyl groups is 1. The average Bonchev–Trinajstić information content (AvgIpc) is 3.34. The fourth-order valence-electron chi connectivity index (χ4n) is 8.37. The van der Waals surface area contributed by atoms with Gasteiger partial charge in [0.05, 0.1) is 6.04 Å². The Morgan fingerprint density at radius 2 is 1.93 bits per heavy atom. The lowest BCUT2D eigenvalue weighted by molar-refractivity contribution is -0.134. The number of aryl methyl sites for hydroxylation is 2. The van der Waals surface area contributed by atoms with E-state index in [1.165, 1.54) is 27.8 Å². The van der Waals surface area contributed by atoms with Crippen molar-refractivity contribution in [2.24, 2.45) is 5.92 Å². The predicted octanol–water partition coefficient (Wildman–Crippen LogP) is 5.17. The molecule has 210 valence electrons. The highest BCUT2D eigenvalue weighted by Crippen LogP contribution is 2.64. The zero-order valence-electron chi connectivity index (χ0n) is 24.2. The predicted molar refractivity (Wildman–Crippen MR) is 160 cm³/mol. The van der Waals surface area contributed by atoms with Crippen molar-refractivity contribution < 1.29 is 14.6 Å². The largest absolute Gasteiger partial charge is 0.504 e. The molecule has 0 unspecified atom stereocenters. The first-order chi connectivity index (χ1) is 19.9. The van der Waals surface area contributed by atoms with Gasteiger partial charge in [0, 0.05) is 42.1 Å². The number of rotatable bonds is 4. The molecule has 2 aliphatic carbocycles. The Bertz CT molecular complexity index is 1570. The standard InChI is InChI=1S/C36H38N2O3/c1-23-9-10-26(21-24(23)2)11-16-32(40)37(3)29-14-13-28-30-22-27-12-15-31(39)34-33(27)36(28,35(29)41-34)18-20-38(30)19-17-25-7-5-4-6-8-25/h4-10,12,15,21,28-30,35,39H,13-14,17-20,22H2,1-3H3/t28-,29-,30+,35-,36-/m0/s1. The first kappa shape index (κ1) is 26.2. The molecule has 1 N–H and O–H groups in total. The van der Waals surface area contributed by atoms with Gasteiger partial charge in [-0.15, -0.1) is 0 Å². The summed E-state index contributed by atoms with van der Waals surface area (Å²) in [6.45, 7) is 6.19. The second-order valence-electron chi connectivity index (χ2n) is 12.5. The summed E-state index contributed by atoms with van der Waals surface area (Å²) < 4.78 is 6.74. The number of carbonyl (C=O) groups is 1. The normalized spacial score (nSPS) is 27.3. The van der Waals surface area contributed by atoms with Gasteiger partial charge in [-0.25, -0.2) is 0 Å². The second-order valence-corrected chi connectivity index (χ2v) is 12.5. The Kier molecular flexibility index (Phi) is 6.36. The Hall–Kier alpha value is -3.75. The van der Waals surface area contributed by atoms with Crippen LogP contribution in [0.1, 0.15) is 52.6 Å². The molecule has 2 fully saturated rings. The number of piperidine rings is 1. The van der Waals surface area contributed by atoms with Crippen molar-refractivity contribution >= 4 is 5.91 Å². The number of likely N-dealkylation sites (N-methyl/N-ethyl adjacent to an activating group) is 1. The highest BCUT2D eigenvalue weighted by molar-refractivity contribution is 5.94. The summed E-state index contributed by atoms with van der Waals surface area (Å²) in [4.78, 5) is 18.0. The average molecular weight is 547 g/mol. The molecule has 4 aliphatic rings. The molecule has 1 amide bonds. The van der Waals surface area contributed by atoms with Gasteiger partial charge in [-0.3, -0.25) is 9.69 Å². The van der Waals surface area contributed by atoms with Crippen molar-refractivity contribution in [3.05, 3.63) is 94.0 Å². The van der Waals surface area contributed by atoms with Crippen LogP contribution in [0.25, 0.3) is 0 Å². The van der Waals surface area contributed by atoms with Crippen LogP contribution < -0.4 is 4.74 Å². The number of phenols is 1. The molecule has 41 heavy (non-hydrogen) atoms. The second kappa shape index (κ2) is 9.96. The van der Waals surface area contributed by atoms with E-state index in [0.29, 0.717) is 17.7 Å². The lowest BCUT2D eigenvalue weighted by Crippen LogP contribution is -2.69. The van der Waals surface area contributed by atoms with Gasteiger partial charge in [0.25, 0.3) is 5.91 Å². The fourth-order valence-corrected chi connectivity index (χ4v) is 8.37. The SMILES string of the molecule is Cc1ccc(C#CC(=O)N(C)[C@H]2CC[C@H]3[C@H]4Cc5ccc(O)c6c5[C@@]3(CCN4CCc3ccccc3)[C@H]2O6)cc1C. The third-order valence-corrected chi connectivity index (χ3v) is 10.6. The van der Waals surface area contributed by atoms with E-state index in [0.717, 1.165) is 50.8 Å². The molecule has 7 rings (SSSR count). The van der Waals surface area contributed by atoms with E-state index < -0.39 is 0 Å². The van der Waals surface area contributed by atoms with Crippen LogP contribution in [0.5, 0.6) is 11.5 Å². The minimum absolute atomic E-state index is 0.0953. The summed E-state index contributed by atoms with van der Waals surface area (Å²) in [5, 5.41) is 10.9. The number of likely N-dealkylation sites (tertiary alicyclic amines) is 1. The van der Waals surface area contributed by atoms with Crippen LogP contribution >= 0.6 is 0 Å². The molecule has 5 heteroatoms. The van der Waals surface area contributed by atoms with Crippen molar-refractivity contribution in [3.8, 4) is 23.3 Å². The molecule has 2 aliphatic heterocycles. The maximum absolute atomic E-state index is 13.4. The van der Waals surface area contributed by atoms with Crippen molar-refractivity contribution in [2.75, 3.05) is 20.1 Å². The van der Waals surface area contributed by atoms with Gasteiger partial charge in [-0.05, 0) is 98.9 Å². The molecule has 0 radical (unpaired) electrons. The maximum Gasteiger partial charge on any atom is 0.298 e. The first-order valence-corrected chi connectivity index (χ1v) is 15.0. The highest BCUT2D eigenvalue weighted by Gasteiger charge is 2.66. The van der Waals surface area contributed by atoms with Gasteiger partial charge in [-0.2, -0.15) is 0 Å². The number of phenolic OH excluding ortho intramolecular Hbond substituents is 1. The van der Waals surface area contributed by atoms with Crippen LogP contribution in [0.4, 0.5) is 0 Å². The van der Waals surface area contributed by atoms with E-state index in [4.69, 9.17) is 4.74 Å². The molecule has 3 aromatic carbocycles. The number of hydrogen-bond donors (Lipinski definition) is 1. The summed E-state index contributed by atoms with van der Waals surface area (Å²) in [5.41, 5.74) is 6.96. The van der Waals surface area contributed by atoms with Crippen molar-refractivity contribution in [2.45, 2.75) is 69.6 Å². The number of hydrogen-bond acceptors (Lipinski definition) is 4. The zero-order chi connectivity index (χ0) is 28.3. The number of carbonyl (C=O) groups excluding carboxylic acids is 1. The van der Waals surface area contributed by atoms with E-state index in [1.54, 1.807) is 6.07 Å². The number of amides is 1. The highest BCUT2D eigenvalue weighted by atomic mass is 16.5. The summed E-state index contributed by atoms with van der Waals surface area (Å²) in [5.74, 6) is 7.14. The van der Waals surface area contributed by atoms with Crippen LogP contribution in [0.3, 0.4) is 0 Å². The molecule has 3 aromatic rings. The zero-order valence-corrected chi connectivity index (χ0v) is 24.2. The molecule has 1 spiro atoms. The molecular weight excluding hydrogens is 508 g/mol. The van der Waals surface area contributed by atoms with Crippen molar-refractivity contribution in [1.82, 2.24) is 9.80 Å². The quantitative estimate of drug-likeness (QED) is 0.459. The topological polar surface area (TPSA) is 53.0 Å². The maximum atomic E-state index is 13.4. The summed E-state index contributed by atoms with van der Waals surface area (Å²) in [6.07, 6.45) is 4.74. The number of nitrogens with zero attached hydrogens (tertiary/aromatic N) is 2. The monoisotopic (exact) mass is 546 g/mol. The minimum atomic E-state index is -0.186. The van der Waals surface area contributed by atoms with Gasteiger partial charge < -0.3 is 14.7 Å². The number of ether oxygens (including phenoxy) is 1. The van der Waals surface area contributed by atoms with Crippen molar-refractivity contribution in [3.63, 3.8) is 0 Å². The lowest BCUT2D eigenvalue weighted by Gasteiger charge is -2.60. The van der Waals surface area contributed by atoms with Crippen LogP contribution in [0, 0.1) is 31.6 Å². The van der Waals surface area contributed by atoms with Crippen LogP contribution in [-0.2, 0) is 23.1 Å². The van der Waals surface area contributed by atoms with Crippen molar-refractivity contribution in [1.29, 1.82) is 0 Å². The molecular formula is C36H38N2O3. The van der Waals surface area contributed by atoms with Crippen LogP contribution in [0.15, 0.2) is 60.7 Å². The van der Waals surface area contributed by atoms with E-state index in [2.05, 4.69) is 67.0 Å². The lowest BCUT2D eigenvalue weighted by atomic mass is 9.51. The molecule has 2 heterocycles. The molecule has 2 bridgehead atoms. The van der Waals surface area contributed by atoms with Gasteiger partial charge in [0.2, 0.25) is 0 Å². The molecule has 0 aromatic heterocycles. The smallest absolute Gasteiger partial charge is 0.298 e. The molecule has 5 nitrogen and oxygen atoms in total. The molecule has 1 saturated carbocycles. The first-order valence-electron chi connectivity index (χ1n) is 15.0. The van der Waals surface area contributed by atoms with Crippen LogP contribution in [0.2, 0.25) is 0 Å². The molecule has 1 saturated heterocycles. The van der Waals surface area contributed by atoms with Gasteiger partial charge in [-0.1, -0.05) is 48.4 Å². The Balaban J connectivity index is 1.18. The molecule has 5 atom stereocenters. The van der Waals surface area contributed by atoms with E-state index in [9.17, 15) is 9.90 Å². The Labute approximate surface area is 243 Å². The third kappa shape index (κ3) is 4.15. The summed E-state index contributed by atoms with van der Waals surface area (Å²) >= 11 is 0. The Morgan fingerprint density at radius 3 is 2.73 bits per heavy atom. The fraction of sp³-hybridized carbons (Fsp3) is 0.417. The van der Waals surface area contributed by atoms with E-state index in [-0.39, 0.29) is 29.2 Å². The third-order valence-electron chi connectivity index (χ3n) is 10.6. The summed E-state index contributed by atoms with van der Waals surface area (Å²) in [6, 6.07) is 21.1. The van der Waals surface area contributed by atoms with Gasteiger partial charge in [0.1, 0.15) is 6.10 Å². The summed E-state index contributed by atoms with van der Waals surface area (Å²) in [7, 11) is 1.88. The number of benzene rings is 3. The van der Waals surface area contributed by atoms with Crippen LogP contribution in [-0.4, -0.2) is 59.1 Å².